The SMILES string of the molecule is NCCOCCOCCNc1nc(NCc2ccccc2CCc2ccccc2)nc(N2CCCC2)n1. The van der Waals surface area contributed by atoms with Crippen LogP contribution in [0.4, 0.5) is 17.8 Å². The van der Waals surface area contributed by atoms with Crippen LogP contribution in [-0.4, -0.2) is 67.6 Å². The van der Waals surface area contributed by atoms with Crippen LogP contribution in [0.2, 0.25) is 0 Å². The standard InChI is InChI=1S/C28H39N7O2/c29-14-18-36-20-21-37-19-15-30-26-32-27(34-28(33-26)35-16-6-7-17-35)31-22-25-11-5-4-10-24(25)13-12-23-8-2-1-3-9-23/h1-5,8-11H,6-7,12-22,29H2,(H2,30,31,32,33,34). The van der Waals surface area contributed by atoms with Gasteiger partial charge in [0.05, 0.1) is 26.4 Å². The van der Waals surface area contributed by atoms with Gasteiger partial charge in [-0.25, -0.2) is 0 Å². The Labute approximate surface area is 219 Å². The molecule has 0 radical (unpaired) electrons. The van der Waals surface area contributed by atoms with Crippen LogP contribution in [0.25, 0.3) is 0 Å². The number of hydrogen-bond acceptors (Lipinski definition) is 9. The van der Waals surface area contributed by atoms with Crippen LogP contribution < -0.4 is 21.3 Å². The molecule has 3 aromatic rings. The summed E-state index contributed by atoms with van der Waals surface area (Å²) in [6.07, 6.45) is 4.32. The van der Waals surface area contributed by atoms with Gasteiger partial charge in [0, 0.05) is 32.7 Å². The van der Waals surface area contributed by atoms with Crippen LogP contribution >= 0.6 is 0 Å². The monoisotopic (exact) mass is 505 g/mol. The Morgan fingerprint density at radius 2 is 1.41 bits per heavy atom. The zero-order valence-electron chi connectivity index (χ0n) is 21.6. The molecule has 0 spiro atoms. The number of benzene rings is 2. The maximum atomic E-state index is 5.61. The Morgan fingerprint density at radius 1 is 0.730 bits per heavy atom. The summed E-state index contributed by atoms with van der Waals surface area (Å²) in [5, 5.41) is 6.73. The lowest BCUT2D eigenvalue weighted by molar-refractivity contribution is 0.0547. The fraction of sp³-hybridized carbons (Fsp3) is 0.464. The van der Waals surface area contributed by atoms with Crippen LogP contribution in [0.1, 0.15) is 29.5 Å². The predicted octanol–water partition coefficient (Wildman–Crippen LogP) is 3.27. The van der Waals surface area contributed by atoms with E-state index in [1.165, 1.54) is 16.7 Å². The third-order valence-electron chi connectivity index (χ3n) is 6.26. The molecule has 1 fully saturated rings. The van der Waals surface area contributed by atoms with E-state index in [0.29, 0.717) is 63.9 Å². The van der Waals surface area contributed by atoms with E-state index in [9.17, 15) is 0 Å². The summed E-state index contributed by atoms with van der Waals surface area (Å²) in [5.74, 6) is 1.85. The molecule has 0 amide bonds. The topological polar surface area (TPSA) is 110 Å². The Balaban J connectivity index is 1.35. The number of nitrogens with zero attached hydrogens (tertiary/aromatic N) is 4. The van der Waals surface area contributed by atoms with Gasteiger partial charge in [-0.3, -0.25) is 0 Å². The minimum absolute atomic E-state index is 0.524. The van der Waals surface area contributed by atoms with E-state index in [0.717, 1.165) is 38.8 Å². The number of aromatic nitrogens is 3. The average molecular weight is 506 g/mol. The Hall–Kier alpha value is -3.27. The number of hydrogen-bond donors (Lipinski definition) is 3. The molecule has 1 saturated heterocycles. The number of nitrogens with two attached hydrogens (primary N) is 1. The molecule has 0 saturated carbocycles. The maximum Gasteiger partial charge on any atom is 0.231 e. The summed E-state index contributed by atoms with van der Waals surface area (Å²) in [6.45, 7) is 5.89. The summed E-state index contributed by atoms with van der Waals surface area (Å²) in [6, 6.07) is 19.2. The van der Waals surface area contributed by atoms with Gasteiger partial charge in [0.1, 0.15) is 0 Å². The average Bonchev–Trinajstić information content (AvgIpc) is 3.49. The molecule has 0 aliphatic carbocycles. The van der Waals surface area contributed by atoms with Crippen molar-refractivity contribution in [2.24, 2.45) is 5.73 Å². The molecule has 0 bridgehead atoms. The molecule has 0 unspecified atom stereocenters. The van der Waals surface area contributed by atoms with Crippen molar-refractivity contribution in [1.29, 1.82) is 0 Å². The molecular formula is C28H39N7O2. The van der Waals surface area contributed by atoms with Gasteiger partial charge in [-0.2, -0.15) is 15.0 Å². The first-order valence-electron chi connectivity index (χ1n) is 13.3. The van der Waals surface area contributed by atoms with Gasteiger partial charge in [0.2, 0.25) is 17.8 Å². The number of ether oxygens (including phenoxy) is 2. The minimum atomic E-state index is 0.524. The summed E-state index contributed by atoms with van der Waals surface area (Å²) in [7, 11) is 0. The van der Waals surface area contributed by atoms with Gasteiger partial charge < -0.3 is 30.7 Å². The second-order valence-corrected chi connectivity index (χ2v) is 9.02. The van der Waals surface area contributed by atoms with Gasteiger partial charge in [-0.05, 0) is 42.4 Å². The third-order valence-corrected chi connectivity index (χ3v) is 6.26. The highest BCUT2D eigenvalue weighted by molar-refractivity contribution is 5.45. The van der Waals surface area contributed by atoms with Crippen molar-refractivity contribution < 1.29 is 9.47 Å². The van der Waals surface area contributed by atoms with Crippen molar-refractivity contribution in [2.75, 3.05) is 68.1 Å². The largest absolute Gasteiger partial charge is 0.378 e. The molecule has 2 heterocycles. The van der Waals surface area contributed by atoms with Gasteiger partial charge >= 0.3 is 0 Å². The number of anilines is 3. The summed E-state index contributed by atoms with van der Waals surface area (Å²) >= 11 is 0. The van der Waals surface area contributed by atoms with E-state index in [1.54, 1.807) is 0 Å². The lowest BCUT2D eigenvalue weighted by Gasteiger charge is -2.18. The van der Waals surface area contributed by atoms with Gasteiger partial charge in [-0.1, -0.05) is 54.6 Å². The lowest BCUT2D eigenvalue weighted by atomic mass is 10.00. The Kier molecular flexibility index (Phi) is 10.9. The normalized spacial score (nSPS) is 13.2. The molecule has 1 aromatic heterocycles. The van der Waals surface area contributed by atoms with Crippen LogP contribution in [0, 0.1) is 0 Å². The smallest absolute Gasteiger partial charge is 0.231 e. The summed E-state index contributed by atoms with van der Waals surface area (Å²) in [5.41, 5.74) is 9.35. The van der Waals surface area contributed by atoms with Gasteiger partial charge in [0.25, 0.3) is 0 Å². The fourth-order valence-electron chi connectivity index (χ4n) is 4.29. The Morgan fingerprint density at radius 3 is 2.16 bits per heavy atom. The first-order valence-corrected chi connectivity index (χ1v) is 13.3. The predicted molar refractivity (Wildman–Crippen MR) is 148 cm³/mol. The lowest BCUT2D eigenvalue weighted by Crippen LogP contribution is -2.23. The van der Waals surface area contributed by atoms with Crippen molar-refractivity contribution in [3.8, 4) is 0 Å². The van der Waals surface area contributed by atoms with E-state index in [1.807, 2.05) is 0 Å². The summed E-state index contributed by atoms with van der Waals surface area (Å²) < 4.78 is 10.9. The van der Waals surface area contributed by atoms with Crippen molar-refractivity contribution in [3.63, 3.8) is 0 Å². The van der Waals surface area contributed by atoms with Crippen LogP contribution in [0.3, 0.4) is 0 Å². The first kappa shape index (κ1) is 26.8. The van der Waals surface area contributed by atoms with E-state index in [2.05, 4.69) is 80.1 Å². The zero-order valence-corrected chi connectivity index (χ0v) is 21.6. The highest BCUT2D eigenvalue weighted by Crippen LogP contribution is 2.20. The van der Waals surface area contributed by atoms with E-state index >= 15 is 0 Å². The molecule has 1 aliphatic rings. The van der Waals surface area contributed by atoms with Gasteiger partial charge in [-0.15, -0.1) is 0 Å². The van der Waals surface area contributed by atoms with E-state index in [4.69, 9.17) is 20.2 Å². The first-order chi connectivity index (χ1) is 18.3. The molecular weight excluding hydrogens is 466 g/mol. The van der Waals surface area contributed by atoms with Gasteiger partial charge in [0.15, 0.2) is 0 Å². The fourth-order valence-corrected chi connectivity index (χ4v) is 4.29. The second-order valence-electron chi connectivity index (χ2n) is 9.02. The maximum absolute atomic E-state index is 5.61. The molecule has 2 aromatic carbocycles. The number of rotatable bonds is 16. The van der Waals surface area contributed by atoms with Crippen LogP contribution in [0.15, 0.2) is 54.6 Å². The molecule has 9 heteroatoms. The van der Waals surface area contributed by atoms with E-state index in [-0.39, 0.29) is 0 Å². The highest BCUT2D eigenvalue weighted by Gasteiger charge is 2.17. The van der Waals surface area contributed by atoms with E-state index < -0.39 is 0 Å². The zero-order chi connectivity index (χ0) is 25.5. The molecule has 9 nitrogen and oxygen atoms in total. The van der Waals surface area contributed by atoms with Crippen molar-refractivity contribution in [2.45, 2.75) is 32.2 Å². The van der Waals surface area contributed by atoms with Crippen LogP contribution in [0.5, 0.6) is 0 Å². The third kappa shape index (κ3) is 8.96. The molecule has 37 heavy (non-hydrogen) atoms. The van der Waals surface area contributed by atoms with Crippen molar-refractivity contribution in [1.82, 2.24) is 15.0 Å². The summed E-state index contributed by atoms with van der Waals surface area (Å²) in [4.78, 5) is 16.3. The molecule has 4 N–H and O–H groups in total. The minimum Gasteiger partial charge on any atom is -0.378 e. The van der Waals surface area contributed by atoms with Crippen molar-refractivity contribution >= 4 is 17.8 Å². The number of aryl methyl sites for hydroxylation is 2. The molecule has 198 valence electrons. The second kappa shape index (κ2) is 15.1. The highest BCUT2D eigenvalue weighted by atomic mass is 16.5. The molecule has 4 rings (SSSR count). The number of nitrogens with one attached hydrogen (secondary N) is 2. The molecule has 1 aliphatic heterocycles. The van der Waals surface area contributed by atoms with Crippen molar-refractivity contribution in [3.05, 3.63) is 71.3 Å². The quantitative estimate of drug-likeness (QED) is 0.253. The Bertz CT molecular complexity index is 1060. The molecule has 0 atom stereocenters. The van der Waals surface area contributed by atoms with Crippen LogP contribution in [-0.2, 0) is 28.9 Å².